The molecule has 2 heterocycles. The maximum absolute atomic E-state index is 9.46. The van der Waals surface area contributed by atoms with Crippen LogP contribution in [0.5, 0.6) is 0 Å². The van der Waals surface area contributed by atoms with Crippen LogP contribution < -0.4 is 4.90 Å². The van der Waals surface area contributed by atoms with Gasteiger partial charge >= 0.3 is 0 Å². The van der Waals surface area contributed by atoms with Crippen LogP contribution in [0.15, 0.2) is 18.3 Å². The third-order valence-corrected chi connectivity index (χ3v) is 4.55. The summed E-state index contributed by atoms with van der Waals surface area (Å²) in [7, 11) is 0. The summed E-state index contributed by atoms with van der Waals surface area (Å²) < 4.78 is 0. The summed E-state index contributed by atoms with van der Waals surface area (Å²) in [5.74, 6) is 1.87. The lowest BCUT2D eigenvalue weighted by Crippen LogP contribution is -2.35. The van der Waals surface area contributed by atoms with Crippen LogP contribution in [0, 0.1) is 5.92 Å². The van der Waals surface area contributed by atoms with Crippen molar-refractivity contribution in [3.05, 3.63) is 23.9 Å². The molecule has 0 radical (unpaired) electrons. The van der Waals surface area contributed by atoms with Gasteiger partial charge in [0.15, 0.2) is 0 Å². The van der Waals surface area contributed by atoms with E-state index in [4.69, 9.17) is 0 Å². The average molecular weight is 246 g/mol. The lowest BCUT2D eigenvalue weighted by Gasteiger charge is -2.31. The number of rotatable bonds is 3. The van der Waals surface area contributed by atoms with Gasteiger partial charge < -0.3 is 10.0 Å². The third kappa shape index (κ3) is 2.12. The smallest absolute Gasteiger partial charge is 0.134 e. The van der Waals surface area contributed by atoms with Gasteiger partial charge in [0.05, 0.1) is 6.61 Å². The molecule has 1 saturated carbocycles. The van der Waals surface area contributed by atoms with Gasteiger partial charge in [0.25, 0.3) is 0 Å². The van der Waals surface area contributed by atoms with Gasteiger partial charge in [-0.15, -0.1) is 0 Å². The molecule has 0 bridgehead atoms. The molecule has 3 rings (SSSR count). The number of pyridine rings is 1. The van der Waals surface area contributed by atoms with E-state index in [1.165, 1.54) is 38.5 Å². The minimum absolute atomic E-state index is 0.0943. The van der Waals surface area contributed by atoms with Crippen LogP contribution in [0.3, 0.4) is 0 Å². The monoisotopic (exact) mass is 246 g/mol. The normalized spacial score (nSPS) is 24.9. The molecule has 18 heavy (non-hydrogen) atoms. The van der Waals surface area contributed by atoms with Gasteiger partial charge in [0.1, 0.15) is 5.82 Å². The van der Waals surface area contributed by atoms with E-state index >= 15 is 0 Å². The van der Waals surface area contributed by atoms with Crippen molar-refractivity contribution in [1.29, 1.82) is 0 Å². The van der Waals surface area contributed by atoms with E-state index < -0.39 is 0 Å². The molecule has 1 atom stereocenters. The number of hydrogen-bond donors (Lipinski definition) is 1. The molecule has 2 fully saturated rings. The SMILES string of the molecule is OCc1cccnc1N1CCCC1C1CCCC1. The van der Waals surface area contributed by atoms with Gasteiger partial charge in [-0.05, 0) is 37.7 Å². The summed E-state index contributed by atoms with van der Waals surface area (Å²) in [6, 6.07) is 4.56. The molecule has 0 spiro atoms. The zero-order valence-corrected chi connectivity index (χ0v) is 10.9. The maximum Gasteiger partial charge on any atom is 0.134 e. The van der Waals surface area contributed by atoms with Crippen molar-refractivity contribution < 1.29 is 5.11 Å². The molecule has 3 nitrogen and oxygen atoms in total. The highest BCUT2D eigenvalue weighted by Crippen LogP contribution is 2.37. The van der Waals surface area contributed by atoms with Gasteiger partial charge in [0.2, 0.25) is 0 Å². The van der Waals surface area contributed by atoms with Crippen molar-refractivity contribution in [3.8, 4) is 0 Å². The van der Waals surface area contributed by atoms with Crippen molar-refractivity contribution in [3.63, 3.8) is 0 Å². The Morgan fingerprint density at radius 2 is 2.06 bits per heavy atom. The van der Waals surface area contributed by atoms with E-state index in [0.717, 1.165) is 23.8 Å². The maximum atomic E-state index is 9.46. The number of nitrogens with zero attached hydrogens (tertiary/aromatic N) is 2. The number of aliphatic hydroxyl groups is 1. The second kappa shape index (κ2) is 5.27. The Morgan fingerprint density at radius 1 is 1.22 bits per heavy atom. The lowest BCUT2D eigenvalue weighted by atomic mass is 9.96. The highest BCUT2D eigenvalue weighted by atomic mass is 16.3. The molecular formula is C15H22N2O. The van der Waals surface area contributed by atoms with Gasteiger partial charge in [-0.3, -0.25) is 0 Å². The average Bonchev–Trinajstić information content (AvgIpc) is 3.09. The van der Waals surface area contributed by atoms with Crippen LogP contribution in [0.2, 0.25) is 0 Å². The topological polar surface area (TPSA) is 36.4 Å². The first-order valence-electron chi connectivity index (χ1n) is 7.21. The molecule has 2 aliphatic rings. The molecule has 1 aromatic heterocycles. The molecule has 3 heteroatoms. The fourth-order valence-electron chi connectivity index (χ4n) is 3.70. The van der Waals surface area contributed by atoms with Crippen molar-refractivity contribution >= 4 is 5.82 Å². The number of aromatic nitrogens is 1. The minimum atomic E-state index is 0.0943. The first-order chi connectivity index (χ1) is 8.90. The Labute approximate surface area is 109 Å². The Kier molecular flexibility index (Phi) is 3.50. The van der Waals surface area contributed by atoms with Crippen molar-refractivity contribution in [2.24, 2.45) is 5.92 Å². The van der Waals surface area contributed by atoms with E-state index in [1.54, 1.807) is 0 Å². The van der Waals surface area contributed by atoms with Crippen LogP contribution in [0.25, 0.3) is 0 Å². The first-order valence-corrected chi connectivity index (χ1v) is 7.21. The van der Waals surface area contributed by atoms with E-state index in [-0.39, 0.29) is 6.61 Å². The zero-order chi connectivity index (χ0) is 12.4. The Bertz CT molecular complexity index is 401. The lowest BCUT2D eigenvalue weighted by molar-refractivity contribution is 0.281. The summed E-state index contributed by atoms with van der Waals surface area (Å²) in [5.41, 5.74) is 0.974. The van der Waals surface area contributed by atoms with Crippen LogP contribution in [0.1, 0.15) is 44.1 Å². The number of aliphatic hydroxyl groups excluding tert-OH is 1. The third-order valence-electron chi connectivity index (χ3n) is 4.55. The fraction of sp³-hybridized carbons (Fsp3) is 0.667. The Balaban J connectivity index is 1.85. The van der Waals surface area contributed by atoms with E-state index in [0.29, 0.717) is 6.04 Å². The van der Waals surface area contributed by atoms with Crippen LogP contribution >= 0.6 is 0 Å². The summed E-state index contributed by atoms with van der Waals surface area (Å²) in [4.78, 5) is 6.98. The molecule has 1 aromatic rings. The molecule has 1 aliphatic heterocycles. The van der Waals surface area contributed by atoms with E-state index in [1.807, 2.05) is 18.3 Å². The van der Waals surface area contributed by atoms with E-state index in [9.17, 15) is 5.11 Å². The predicted octanol–water partition coefficient (Wildman–Crippen LogP) is 2.73. The van der Waals surface area contributed by atoms with Crippen LogP contribution in [-0.2, 0) is 6.61 Å². The molecule has 0 aromatic carbocycles. The second-order valence-electron chi connectivity index (χ2n) is 5.59. The zero-order valence-electron chi connectivity index (χ0n) is 10.9. The fourth-order valence-corrected chi connectivity index (χ4v) is 3.70. The highest BCUT2D eigenvalue weighted by molar-refractivity contribution is 5.48. The highest BCUT2D eigenvalue weighted by Gasteiger charge is 2.34. The second-order valence-corrected chi connectivity index (χ2v) is 5.59. The predicted molar refractivity (Wildman–Crippen MR) is 72.5 cm³/mol. The minimum Gasteiger partial charge on any atom is -0.392 e. The van der Waals surface area contributed by atoms with Gasteiger partial charge in [-0.25, -0.2) is 4.98 Å². The Hall–Kier alpha value is -1.09. The number of hydrogen-bond acceptors (Lipinski definition) is 3. The first kappa shape index (κ1) is 12.0. The number of anilines is 1. The summed E-state index contributed by atoms with van der Waals surface area (Å²) >= 11 is 0. The molecule has 1 saturated heterocycles. The van der Waals surface area contributed by atoms with Gasteiger partial charge in [0, 0.05) is 24.3 Å². The van der Waals surface area contributed by atoms with Crippen LogP contribution in [-0.4, -0.2) is 22.7 Å². The summed E-state index contributed by atoms with van der Waals surface area (Å²) in [5, 5.41) is 9.46. The summed E-state index contributed by atoms with van der Waals surface area (Å²) in [6.45, 7) is 1.20. The van der Waals surface area contributed by atoms with Gasteiger partial charge in [-0.1, -0.05) is 18.9 Å². The molecule has 1 N–H and O–H groups in total. The van der Waals surface area contributed by atoms with Crippen molar-refractivity contribution in [1.82, 2.24) is 4.98 Å². The van der Waals surface area contributed by atoms with E-state index in [2.05, 4.69) is 9.88 Å². The molecule has 98 valence electrons. The summed E-state index contributed by atoms with van der Waals surface area (Å²) in [6.07, 6.45) is 9.95. The Morgan fingerprint density at radius 3 is 2.83 bits per heavy atom. The van der Waals surface area contributed by atoms with Crippen LogP contribution in [0.4, 0.5) is 5.82 Å². The standard InChI is InChI=1S/C15H22N2O/c18-11-13-7-3-9-16-15(13)17-10-4-8-14(17)12-5-1-2-6-12/h3,7,9,12,14,18H,1-2,4-6,8,10-11H2. The molecule has 1 aliphatic carbocycles. The molecular weight excluding hydrogens is 224 g/mol. The van der Waals surface area contributed by atoms with Crippen molar-refractivity contribution in [2.45, 2.75) is 51.2 Å². The quantitative estimate of drug-likeness (QED) is 0.891. The van der Waals surface area contributed by atoms with Gasteiger partial charge in [-0.2, -0.15) is 0 Å². The van der Waals surface area contributed by atoms with Crippen molar-refractivity contribution in [2.75, 3.05) is 11.4 Å². The largest absolute Gasteiger partial charge is 0.392 e. The molecule has 1 unspecified atom stereocenters. The molecule has 0 amide bonds.